The van der Waals surface area contributed by atoms with Crippen LogP contribution in [-0.4, -0.2) is 24.7 Å². The van der Waals surface area contributed by atoms with Crippen molar-refractivity contribution in [2.24, 2.45) is 5.41 Å². The highest BCUT2D eigenvalue weighted by atomic mass is 79.9. The Balaban J connectivity index is 1.93. The molecule has 6 heteroatoms. The molecule has 1 aromatic carbocycles. The SMILES string of the molecule is CC1(CNCc2ccc(Br)c([N+](=O)[O-])c2)COC1. The van der Waals surface area contributed by atoms with Crippen LogP contribution in [0.25, 0.3) is 0 Å². The van der Waals surface area contributed by atoms with Crippen LogP contribution >= 0.6 is 15.9 Å². The van der Waals surface area contributed by atoms with Crippen LogP contribution in [0.2, 0.25) is 0 Å². The average Bonchev–Trinajstić information content (AvgIpc) is 2.28. The van der Waals surface area contributed by atoms with Gasteiger partial charge >= 0.3 is 0 Å². The molecule has 0 saturated carbocycles. The van der Waals surface area contributed by atoms with E-state index in [1.807, 2.05) is 6.07 Å². The zero-order valence-corrected chi connectivity index (χ0v) is 11.7. The van der Waals surface area contributed by atoms with Crippen molar-refractivity contribution in [3.8, 4) is 0 Å². The third kappa shape index (κ3) is 3.07. The number of hydrogen-bond acceptors (Lipinski definition) is 4. The van der Waals surface area contributed by atoms with Crippen molar-refractivity contribution in [2.75, 3.05) is 19.8 Å². The minimum atomic E-state index is -0.380. The molecule has 1 N–H and O–H groups in total. The number of nitro benzene ring substituents is 1. The topological polar surface area (TPSA) is 64.4 Å². The summed E-state index contributed by atoms with van der Waals surface area (Å²) >= 11 is 3.17. The van der Waals surface area contributed by atoms with Crippen molar-refractivity contribution in [1.29, 1.82) is 0 Å². The standard InChI is InChI=1S/C12H15BrN2O3/c1-12(7-18-8-12)6-14-5-9-2-3-10(13)11(4-9)15(16)17/h2-4,14H,5-8H2,1H3. The predicted molar refractivity (Wildman–Crippen MR) is 71.4 cm³/mol. The van der Waals surface area contributed by atoms with Gasteiger partial charge in [-0.15, -0.1) is 0 Å². The summed E-state index contributed by atoms with van der Waals surface area (Å²) in [5.41, 5.74) is 1.22. The first-order valence-corrected chi connectivity index (χ1v) is 6.51. The Bertz CT molecular complexity index is 461. The number of hydrogen-bond donors (Lipinski definition) is 1. The van der Waals surface area contributed by atoms with E-state index in [0.29, 0.717) is 11.0 Å². The molecular formula is C12H15BrN2O3. The highest BCUT2D eigenvalue weighted by molar-refractivity contribution is 9.10. The average molecular weight is 315 g/mol. The smallest absolute Gasteiger partial charge is 0.283 e. The van der Waals surface area contributed by atoms with E-state index in [1.54, 1.807) is 12.1 Å². The maximum absolute atomic E-state index is 10.8. The van der Waals surface area contributed by atoms with E-state index in [9.17, 15) is 10.1 Å². The molecule has 18 heavy (non-hydrogen) atoms. The first-order valence-electron chi connectivity index (χ1n) is 5.71. The van der Waals surface area contributed by atoms with Gasteiger partial charge in [0.15, 0.2) is 0 Å². The Morgan fingerprint density at radius 3 is 2.83 bits per heavy atom. The summed E-state index contributed by atoms with van der Waals surface area (Å²) in [4.78, 5) is 10.4. The summed E-state index contributed by atoms with van der Waals surface area (Å²) in [5, 5.41) is 14.1. The fourth-order valence-electron chi connectivity index (χ4n) is 1.87. The molecule has 1 fully saturated rings. The summed E-state index contributed by atoms with van der Waals surface area (Å²) in [7, 11) is 0. The molecule has 1 heterocycles. The minimum Gasteiger partial charge on any atom is -0.380 e. The van der Waals surface area contributed by atoms with Gasteiger partial charge in [0, 0.05) is 24.6 Å². The van der Waals surface area contributed by atoms with Crippen LogP contribution in [0.15, 0.2) is 22.7 Å². The molecule has 1 aliphatic rings. The van der Waals surface area contributed by atoms with E-state index in [0.717, 1.165) is 25.3 Å². The zero-order valence-electron chi connectivity index (χ0n) is 10.1. The predicted octanol–water partition coefficient (Wildman–Crippen LogP) is 2.48. The van der Waals surface area contributed by atoms with Gasteiger partial charge in [-0.2, -0.15) is 0 Å². The van der Waals surface area contributed by atoms with E-state index in [2.05, 4.69) is 28.2 Å². The summed E-state index contributed by atoms with van der Waals surface area (Å²) < 4.78 is 5.68. The van der Waals surface area contributed by atoms with Crippen LogP contribution in [0, 0.1) is 15.5 Å². The van der Waals surface area contributed by atoms with Gasteiger partial charge in [-0.3, -0.25) is 10.1 Å². The lowest BCUT2D eigenvalue weighted by molar-refractivity contribution is -0.385. The second kappa shape index (κ2) is 5.34. The van der Waals surface area contributed by atoms with E-state index >= 15 is 0 Å². The number of nitrogens with one attached hydrogen (secondary N) is 1. The largest absolute Gasteiger partial charge is 0.380 e. The van der Waals surface area contributed by atoms with Crippen molar-refractivity contribution in [3.05, 3.63) is 38.3 Å². The van der Waals surface area contributed by atoms with Gasteiger partial charge in [-0.1, -0.05) is 13.0 Å². The number of nitrogens with zero attached hydrogens (tertiary/aromatic N) is 1. The van der Waals surface area contributed by atoms with Crippen LogP contribution in [-0.2, 0) is 11.3 Å². The Labute approximate surface area is 114 Å². The first-order chi connectivity index (χ1) is 8.50. The molecule has 98 valence electrons. The van der Waals surface area contributed by atoms with Crippen LogP contribution < -0.4 is 5.32 Å². The van der Waals surface area contributed by atoms with Crippen LogP contribution in [0.1, 0.15) is 12.5 Å². The van der Waals surface area contributed by atoms with Crippen molar-refractivity contribution in [1.82, 2.24) is 5.32 Å². The number of ether oxygens (including phenoxy) is 1. The van der Waals surface area contributed by atoms with Gasteiger partial charge in [0.05, 0.1) is 22.6 Å². The van der Waals surface area contributed by atoms with E-state index < -0.39 is 0 Å². The van der Waals surface area contributed by atoms with Gasteiger partial charge in [0.2, 0.25) is 0 Å². The van der Waals surface area contributed by atoms with Gasteiger partial charge in [-0.05, 0) is 27.6 Å². The zero-order chi connectivity index (χ0) is 13.2. The maximum Gasteiger partial charge on any atom is 0.283 e. The monoisotopic (exact) mass is 314 g/mol. The molecular weight excluding hydrogens is 300 g/mol. The molecule has 0 bridgehead atoms. The number of rotatable bonds is 5. The van der Waals surface area contributed by atoms with Crippen molar-refractivity contribution in [2.45, 2.75) is 13.5 Å². The van der Waals surface area contributed by atoms with Gasteiger partial charge in [0.1, 0.15) is 0 Å². The molecule has 5 nitrogen and oxygen atoms in total. The third-order valence-electron chi connectivity index (χ3n) is 2.99. The van der Waals surface area contributed by atoms with Gasteiger partial charge in [0.25, 0.3) is 5.69 Å². The Morgan fingerprint density at radius 2 is 2.28 bits per heavy atom. The minimum absolute atomic E-state index is 0.104. The Hall–Kier alpha value is -0.980. The highest BCUT2D eigenvalue weighted by Crippen LogP contribution is 2.27. The molecule has 1 aromatic rings. The fraction of sp³-hybridized carbons (Fsp3) is 0.500. The molecule has 0 unspecified atom stereocenters. The molecule has 1 aliphatic heterocycles. The first kappa shape index (κ1) is 13.5. The lowest BCUT2D eigenvalue weighted by Crippen LogP contribution is -2.47. The quantitative estimate of drug-likeness (QED) is 0.670. The molecule has 1 saturated heterocycles. The number of benzene rings is 1. The normalized spacial score (nSPS) is 17.2. The molecule has 0 radical (unpaired) electrons. The summed E-state index contributed by atoms with van der Waals surface area (Å²) in [6.45, 7) is 5.20. The Morgan fingerprint density at radius 1 is 1.56 bits per heavy atom. The van der Waals surface area contributed by atoms with Gasteiger partial charge < -0.3 is 10.1 Å². The number of nitro groups is 1. The Kier molecular flexibility index (Phi) is 3.99. The lowest BCUT2D eigenvalue weighted by Gasteiger charge is -2.38. The summed E-state index contributed by atoms with van der Waals surface area (Å²) in [6.07, 6.45) is 0. The second-order valence-corrected chi connectivity index (χ2v) is 5.80. The molecule has 2 rings (SSSR count). The molecule has 0 aromatic heterocycles. The number of halogens is 1. The van der Waals surface area contributed by atoms with Crippen LogP contribution in [0.4, 0.5) is 5.69 Å². The summed E-state index contributed by atoms with van der Waals surface area (Å²) in [6, 6.07) is 5.18. The lowest BCUT2D eigenvalue weighted by atomic mass is 9.89. The molecule has 0 spiro atoms. The van der Waals surface area contributed by atoms with Gasteiger partial charge in [-0.25, -0.2) is 0 Å². The van der Waals surface area contributed by atoms with E-state index in [1.165, 1.54) is 0 Å². The fourth-order valence-corrected chi connectivity index (χ4v) is 2.26. The van der Waals surface area contributed by atoms with E-state index in [-0.39, 0.29) is 16.0 Å². The molecule has 0 amide bonds. The second-order valence-electron chi connectivity index (χ2n) is 4.95. The third-order valence-corrected chi connectivity index (χ3v) is 3.66. The van der Waals surface area contributed by atoms with Crippen molar-refractivity contribution >= 4 is 21.6 Å². The highest BCUT2D eigenvalue weighted by Gasteiger charge is 2.32. The van der Waals surface area contributed by atoms with Crippen molar-refractivity contribution < 1.29 is 9.66 Å². The van der Waals surface area contributed by atoms with Crippen LogP contribution in [0.3, 0.4) is 0 Å². The molecule has 0 aliphatic carbocycles. The van der Waals surface area contributed by atoms with E-state index in [4.69, 9.17) is 4.74 Å². The van der Waals surface area contributed by atoms with Crippen LogP contribution in [0.5, 0.6) is 0 Å². The van der Waals surface area contributed by atoms with Crippen molar-refractivity contribution in [3.63, 3.8) is 0 Å². The summed E-state index contributed by atoms with van der Waals surface area (Å²) in [5.74, 6) is 0. The maximum atomic E-state index is 10.8. The molecule has 0 atom stereocenters.